The standard InChI is InChI=1S/C28H28N2O2/c1-28(2,3)24-14-17-26(18-15-24)30(27(31)32-20-21-9-5-4-6-10-21)29-25-16-13-22-11-7-8-12-23(22)19-25/h4-19,29H,20H2,1-3H3. The van der Waals surface area contributed by atoms with Gasteiger partial charge in [0.1, 0.15) is 6.61 Å². The third-order valence-electron chi connectivity index (χ3n) is 5.37. The summed E-state index contributed by atoms with van der Waals surface area (Å²) in [6.45, 7) is 6.71. The van der Waals surface area contributed by atoms with Crippen LogP contribution in [-0.4, -0.2) is 6.09 Å². The van der Waals surface area contributed by atoms with E-state index < -0.39 is 6.09 Å². The van der Waals surface area contributed by atoms with Crippen LogP contribution in [0.4, 0.5) is 16.2 Å². The van der Waals surface area contributed by atoms with Crippen LogP contribution in [0.1, 0.15) is 31.9 Å². The van der Waals surface area contributed by atoms with Gasteiger partial charge >= 0.3 is 6.09 Å². The number of nitrogens with one attached hydrogen (secondary N) is 1. The van der Waals surface area contributed by atoms with E-state index in [0.29, 0.717) is 5.69 Å². The summed E-state index contributed by atoms with van der Waals surface area (Å²) in [7, 11) is 0. The zero-order chi connectivity index (χ0) is 22.6. The quantitative estimate of drug-likeness (QED) is 0.342. The topological polar surface area (TPSA) is 41.6 Å². The van der Waals surface area contributed by atoms with E-state index in [1.54, 1.807) is 0 Å². The van der Waals surface area contributed by atoms with Crippen LogP contribution in [0.2, 0.25) is 0 Å². The van der Waals surface area contributed by atoms with E-state index in [4.69, 9.17) is 4.74 Å². The normalized spacial score (nSPS) is 11.2. The lowest BCUT2D eigenvalue weighted by Crippen LogP contribution is -2.36. The first-order valence-electron chi connectivity index (χ1n) is 10.8. The highest BCUT2D eigenvalue weighted by Crippen LogP contribution is 2.27. The molecule has 0 radical (unpaired) electrons. The Labute approximate surface area is 189 Å². The Morgan fingerprint density at radius 3 is 2.16 bits per heavy atom. The maximum absolute atomic E-state index is 13.1. The second-order valence-corrected chi connectivity index (χ2v) is 8.85. The summed E-state index contributed by atoms with van der Waals surface area (Å²) in [5, 5.41) is 3.70. The molecule has 0 saturated carbocycles. The minimum Gasteiger partial charge on any atom is -0.443 e. The first-order valence-corrected chi connectivity index (χ1v) is 10.8. The van der Waals surface area contributed by atoms with Crippen molar-refractivity contribution in [1.82, 2.24) is 0 Å². The Morgan fingerprint density at radius 2 is 1.47 bits per heavy atom. The molecule has 4 heteroatoms. The average Bonchev–Trinajstić information content (AvgIpc) is 2.81. The number of carbonyl (C=O) groups excluding carboxylic acids is 1. The van der Waals surface area contributed by atoms with Gasteiger partial charge in [0.15, 0.2) is 0 Å². The van der Waals surface area contributed by atoms with Gasteiger partial charge in [-0.15, -0.1) is 0 Å². The molecule has 0 heterocycles. The van der Waals surface area contributed by atoms with Gasteiger partial charge in [0.05, 0.1) is 11.4 Å². The van der Waals surface area contributed by atoms with Crippen LogP contribution in [0, 0.1) is 0 Å². The zero-order valence-electron chi connectivity index (χ0n) is 18.7. The van der Waals surface area contributed by atoms with Crippen LogP contribution in [0.25, 0.3) is 10.8 Å². The molecule has 0 spiro atoms. The summed E-state index contributed by atoms with van der Waals surface area (Å²) in [5.41, 5.74) is 6.93. The van der Waals surface area contributed by atoms with Crippen molar-refractivity contribution in [3.8, 4) is 0 Å². The highest BCUT2D eigenvalue weighted by Gasteiger charge is 2.20. The van der Waals surface area contributed by atoms with Crippen LogP contribution in [0.15, 0.2) is 97.1 Å². The van der Waals surface area contributed by atoms with Gasteiger partial charge in [-0.3, -0.25) is 5.43 Å². The summed E-state index contributed by atoms with van der Waals surface area (Å²) in [6.07, 6.45) is -0.467. The molecule has 0 fully saturated rings. The molecular weight excluding hydrogens is 396 g/mol. The van der Waals surface area contributed by atoms with Crippen molar-refractivity contribution in [2.24, 2.45) is 0 Å². The van der Waals surface area contributed by atoms with Gasteiger partial charge in [0, 0.05) is 0 Å². The number of benzene rings is 4. The fourth-order valence-electron chi connectivity index (χ4n) is 3.50. The van der Waals surface area contributed by atoms with E-state index in [1.807, 2.05) is 72.8 Å². The van der Waals surface area contributed by atoms with Crippen LogP contribution in [0.5, 0.6) is 0 Å². The Bertz CT molecular complexity index is 1200. The van der Waals surface area contributed by atoms with Crippen LogP contribution in [0.3, 0.4) is 0 Å². The van der Waals surface area contributed by atoms with Gasteiger partial charge in [-0.05, 0) is 51.6 Å². The van der Waals surface area contributed by atoms with E-state index in [9.17, 15) is 4.79 Å². The Morgan fingerprint density at radius 1 is 0.812 bits per heavy atom. The zero-order valence-corrected chi connectivity index (χ0v) is 18.7. The first kappa shape index (κ1) is 21.4. The molecule has 0 saturated heterocycles. The molecule has 0 atom stereocenters. The lowest BCUT2D eigenvalue weighted by atomic mass is 9.87. The van der Waals surface area contributed by atoms with E-state index in [1.165, 1.54) is 10.6 Å². The van der Waals surface area contributed by atoms with Crippen molar-refractivity contribution >= 4 is 28.2 Å². The van der Waals surface area contributed by atoms with Gasteiger partial charge in [0.2, 0.25) is 0 Å². The lowest BCUT2D eigenvalue weighted by Gasteiger charge is -2.25. The highest BCUT2D eigenvalue weighted by molar-refractivity contribution is 5.92. The molecule has 0 aliphatic carbocycles. The fourth-order valence-corrected chi connectivity index (χ4v) is 3.50. The fraction of sp³-hybridized carbons (Fsp3) is 0.179. The van der Waals surface area contributed by atoms with Gasteiger partial charge in [-0.2, -0.15) is 5.01 Å². The monoisotopic (exact) mass is 424 g/mol. The van der Waals surface area contributed by atoms with Gasteiger partial charge in [-0.1, -0.05) is 93.6 Å². The number of carbonyl (C=O) groups is 1. The minimum absolute atomic E-state index is 0.0307. The average molecular weight is 425 g/mol. The van der Waals surface area contributed by atoms with Gasteiger partial charge in [0.25, 0.3) is 0 Å². The van der Waals surface area contributed by atoms with E-state index in [2.05, 4.69) is 50.5 Å². The molecule has 0 aromatic heterocycles. The van der Waals surface area contributed by atoms with Crippen LogP contribution in [-0.2, 0) is 16.8 Å². The largest absolute Gasteiger partial charge is 0.443 e. The maximum Gasteiger partial charge on any atom is 0.433 e. The predicted octanol–water partition coefficient (Wildman–Crippen LogP) is 7.31. The molecule has 0 aliphatic heterocycles. The number of rotatable bonds is 5. The second kappa shape index (κ2) is 9.15. The molecular formula is C28H28N2O2. The molecule has 1 amide bonds. The molecule has 4 aromatic rings. The number of ether oxygens (including phenoxy) is 1. The summed E-state index contributed by atoms with van der Waals surface area (Å²) < 4.78 is 5.63. The molecule has 162 valence electrons. The molecule has 4 aromatic carbocycles. The molecule has 1 N–H and O–H groups in total. The molecule has 0 aliphatic rings. The van der Waals surface area contributed by atoms with Crippen molar-refractivity contribution in [2.45, 2.75) is 32.8 Å². The third kappa shape index (κ3) is 5.09. The summed E-state index contributed by atoms with van der Waals surface area (Å²) >= 11 is 0. The number of hydrogen-bond acceptors (Lipinski definition) is 3. The SMILES string of the molecule is CC(C)(C)c1ccc(N(Nc2ccc3ccccc3c2)C(=O)OCc2ccccc2)cc1. The van der Waals surface area contributed by atoms with Crippen LogP contribution < -0.4 is 10.4 Å². The predicted molar refractivity (Wildman–Crippen MR) is 132 cm³/mol. The Hall–Kier alpha value is -3.79. The van der Waals surface area contributed by atoms with Crippen LogP contribution >= 0.6 is 0 Å². The van der Waals surface area contributed by atoms with Crippen molar-refractivity contribution in [1.29, 1.82) is 0 Å². The Balaban J connectivity index is 1.61. The number of amides is 1. The molecule has 4 rings (SSSR count). The van der Waals surface area contributed by atoms with E-state index >= 15 is 0 Å². The molecule has 4 nitrogen and oxygen atoms in total. The number of anilines is 2. The van der Waals surface area contributed by atoms with Gasteiger partial charge < -0.3 is 4.74 Å². The summed E-state index contributed by atoms with van der Waals surface area (Å²) in [6, 6.07) is 31.8. The van der Waals surface area contributed by atoms with E-state index in [-0.39, 0.29) is 12.0 Å². The van der Waals surface area contributed by atoms with Crippen molar-refractivity contribution < 1.29 is 9.53 Å². The highest BCUT2D eigenvalue weighted by atomic mass is 16.6. The lowest BCUT2D eigenvalue weighted by molar-refractivity contribution is 0.148. The second-order valence-electron chi connectivity index (χ2n) is 8.85. The first-order chi connectivity index (χ1) is 15.4. The molecule has 32 heavy (non-hydrogen) atoms. The smallest absolute Gasteiger partial charge is 0.433 e. The number of hydrogen-bond donors (Lipinski definition) is 1. The van der Waals surface area contributed by atoms with Crippen molar-refractivity contribution in [3.63, 3.8) is 0 Å². The van der Waals surface area contributed by atoms with Gasteiger partial charge in [-0.25, -0.2) is 4.79 Å². The molecule has 0 unspecified atom stereocenters. The Kier molecular flexibility index (Phi) is 6.13. The third-order valence-corrected chi connectivity index (χ3v) is 5.37. The maximum atomic E-state index is 13.1. The minimum atomic E-state index is -0.467. The number of hydrazine groups is 1. The summed E-state index contributed by atoms with van der Waals surface area (Å²) in [4.78, 5) is 13.1. The number of fused-ring (bicyclic) bond motifs is 1. The van der Waals surface area contributed by atoms with Crippen molar-refractivity contribution in [2.75, 3.05) is 10.4 Å². The molecule has 0 bridgehead atoms. The number of nitrogens with zero attached hydrogens (tertiary/aromatic N) is 1. The summed E-state index contributed by atoms with van der Waals surface area (Å²) in [5.74, 6) is 0. The van der Waals surface area contributed by atoms with Crippen molar-refractivity contribution in [3.05, 3.63) is 108 Å². The van der Waals surface area contributed by atoms with E-state index in [0.717, 1.165) is 22.0 Å².